The quantitative estimate of drug-likeness (QED) is 0.785. The van der Waals surface area contributed by atoms with Crippen LogP contribution in [0.25, 0.3) is 0 Å². The first-order valence-electron chi connectivity index (χ1n) is 8.23. The second-order valence-corrected chi connectivity index (χ2v) is 5.99. The van der Waals surface area contributed by atoms with Crippen molar-refractivity contribution in [3.05, 3.63) is 59.1 Å². The van der Waals surface area contributed by atoms with Gasteiger partial charge in [-0.15, -0.1) is 0 Å². The lowest BCUT2D eigenvalue weighted by Crippen LogP contribution is -2.41. The highest BCUT2D eigenvalue weighted by atomic mass is 35.5. The Morgan fingerprint density at radius 3 is 2.54 bits per heavy atom. The minimum atomic E-state index is -0.228. The maximum atomic E-state index is 6.37. The zero-order chi connectivity index (χ0) is 16.8. The number of morpholine rings is 1. The first-order chi connectivity index (χ1) is 11.8. The van der Waals surface area contributed by atoms with Gasteiger partial charge in [0.1, 0.15) is 0 Å². The summed E-state index contributed by atoms with van der Waals surface area (Å²) in [6.07, 6.45) is -0.228. The van der Waals surface area contributed by atoms with Crippen LogP contribution in [-0.4, -0.2) is 37.8 Å². The molecule has 2 aromatic carbocycles. The van der Waals surface area contributed by atoms with Crippen LogP contribution in [0.5, 0.6) is 11.5 Å². The number of hydrogen-bond donors (Lipinski definition) is 0. The fourth-order valence-electron chi connectivity index (χ4n) is 2.77. The first-order valence-corrected chi connectivity index (χ1v) is 8.61. The Hall–Kier alpha value is -1.75. The van der Waals surface area contributed by atoms with Gasteiger partial charge in [0, 0.05) is 23.7 Å². The Bertz CT molecular complexity index is 659. The molecule has 5 heteroatoms. The van der Waals surface area contributed by atoms with E-state index in [1.54, 1.807) is 0 Å². The van der Waals surface area contributed by atoms with Crippen molar-refractivity contribution < 1.29 is 14.2 Å². The average molecular weight is 348 g/mol. The van der Waals surface area contributed by atoms with Crippen LogP contribution in [0.15, 0.2) is 48.5 Å². The third-order valence-corrected chi connectivity index (χ3v) is 4.13. The number of para-hydroxylation sites is 2. The normalized spacial score (nSPS) is 16.6. The lowest BCUT2D eigenvalue weighted by molar-refractivity contribution is -0.0483. The third kappa shape index (κ3) is 4.20. The zero-order valence-electron chi connectivity index (χ0n) is 13.8. The van der Waals surface area contributed by atoms with Crippen molar-refractivity contribution in [1.82, 2.24) is 4.90 Å². The van der Waals surface area contributed by atoms with Gasteiger partial charge in [0.15, 0.2) is 17.7 Å². The summed E-state index contributed by atoms with van der Waals surface area (Å²) in [6.45, 7) is 5.59. The molecule has 1 aliphatic rings. The average Bonchev–Trinajstić information content (AvgIpc) is 2.62. The highest BCUT2D eigenvalue weighted by Crippen LogP contribution is 2.33. The van der Waals surface area contributed by atoms with E-state index in [0.717, 1.165) is 30.2 Å². The molecule has 1 heterocycles. The molecule has 0 bridgehead atoms. The number of halogens is 1. The lowest BCUT2D eigenvalue weighted by atomic mass is 10.1. The number of ether oxygens (including phenoxy) is 3. The van der Waals surface area contributed by atoms with E-state index < -0.39 is 0 Å². The van der Waals surface area contributed by atoms with Crippen molar-refractivity contribution >= 4 is 11.6 Å². The second kappa shape index (κ2) is 8.38. The van der Waals surface area contributed by atoms with Crippen molar-refractivity contribution in [2.24, 2.45) is 0 Å². The molecule has 1 atom stereocenters. The molecule has 0 amide bonds. The molecular formula is C19H22ClNO3. The van der Waals surface area contributed by atoms with Crippen LogP contribution in [-0.2, 0) is 4.74 Å². The molecule has 0 radical (unpaired) electrons. The predicted molar refractivity (Wildman–Crippen MR) is 94.8 cm³/mol. The summed E-state index contributed by atoms with van der Waals surface area (Å²) in [4.78, 5) is 2.26. The fraction of sp³-hybridized carbons (Fsp3) is 0.368. The summed E-state index contributed by atoms with van der Waals surface area (Å²) in [5, 5.41) is 0.701. The van der Waals surface area contributed by atoms with Gasteiger partial charge in [-0.3, -0.25) is 4.90 Å². The summed E-state index contributed by atoms with van der Waals surface area (Å²) in [7, 11) is 0. The molecule has 1 aliphatic heterocycles. The van der Waals surface area contributed by atoms with Crippen molar-refractivity contribution in [2.45, 2.75) is 13.2 Å². The molecule has 2 aromatic rings. The van der Waals surface area contributed by atoms with E-state index in [2.05, 4.69) is 4.90 Å². The van der Waals surface area contributed by atoms with Crippen LogP contribution in [0, 0.1) is 0 Å². The first kappa shape index (κ1) is 17.1. The van der Waals surface area contributed by atoms with Crippen LogP contribution in [0.3, 0.4) is 0 Å². The highest BCUT2D eigenvalue weighted by Gasteiger charge is 2.25. The highest BCUT2D eigenvalue weighted by molar-refractivity contribution is 6.30. The summed E-state index contributed by atoms with van der Waals surface area (Å²) in [5.41, 5.74) is 1.02. The van der Waals surface area contributed by atoms with Crippen LogP contribution < -0.4 is 9.47 Å². The maximum Gasteiger partial charge on any atom is 0.179 e. The van der Waals surface area contributed by atoms with Gasteiger partial charge < -0.3 is 14.2 Å². The molecule has 3 rings (SSSR count). The Labute approximate surface area is 147 Å². The van der Waals surface area contributed by atoms with E-state index in [1.807, 2.05) is 55.5 Å². The topological polar surface area (TPSA) is 30.9 Å². The van der Waals surface area contributed by atoms with Crippen molar-refractivity contribution in [3.8, 4) is 11.5 Å². The number of hydrogen-bond acceptors (Lipinski definition) is 4. The van der Waals surface area contributed by atoms with Gasteiger partial charge in [-0.2, -0.15) is 0 Å². The third-order valence-electron chi connectivity index (χ3n) is 3.90. The van der Waals surface area contributed by atoms with E-state index in [9.17, 15) is 0 Å². The van der Waals surface area contributed by atoms with Gasteiger partial charge in [-0.05, 0) is 31.2 Å². The van der Waals surface area contributed by atoms with Gasteiger partial charge in [-0.25, -0.2) is 0 Å². The molecule has 0 aliphatic carbocycles. The molecule has 1 saturated heterocycles. The number of nitrogens with zero attached hydrogens (tertiary/aromatic N) is 1. The molecule has 1 fully saturated rings. The van der Waals surface area contributed by atoms with Crippen LogP contribution >= 0.6 is 11.6 Å². The van der Waals surface area contributed by atoms with Crippen LogP contribution in [0.4, 0.5) is 0 Å². The van der Waals surface area contributed by atoms with Crippen molar-refractivity contribution in [3.63, 3.8) is 0 Å². The Morgan fingerprint density at radius 1 is 1.08 bits per heavy atom. The molecule has 0 aromatic heterocycles. The molecule has 24 heavy (non-hydrogen) atoms. The van der Waals surface area contributed by atoms with E-state index in [-0.39, 0.29) is 6.23 Å². The van der Waals surface area contributed by atoms with Gasteiger partial charge >= 0.3 is 0 Å². The number of benzene rings is 2. The van der Waals surface area contributed by atoms with E-state index in [0.29, 0.717) is 24.8 Å². The maximum absolute atomic E-state index is 6.37. The lowest BCUT2D eigenvalue weighted by Gasteiger charge is -2.35. The fourth-order valence-corrected chi connectivity index (χ4v) is 2.97. The van der Waals surface area contributed by atoms with E-state index in [1.165, 1.54) is 0 Å². The van der Waals surface area contributed by atoms with Gasteiger partial charge in [0.25, 0.3) is 0 Å². The predicted octanol–water partition coefficient (Wildman–Crippen LogP) is 4.15. The summed E-state index contributed by atoms with van der Waals surface area (Å²) >= 11 is 6.19. The van der Waals surface area contributed by atoms with Crippen LogP contribution in [0.2, 0.25) is 5.02 Å². The smallest absolute Gasteiger partial charge is 0.179 e. The molecule has 1 unspecified atom stereocenters. The SMILES string of the molecule is CCOc1ccccc1OC(c1cccc(Cl)c1)N1CCOCC1. The molecule has 0 N–H and O–H groups in total. The van der Waals surface area contributed by atoms with Crippen molar-refractivity contribution in [2.75, 3.05) is 32.9 Å². The standard InChI is InChI=1S/C19H22ClNO3/c1-2-23-17-8-3-4-9-18(17)24-19(21-10-12-22-13-11-21)15-6-5-7-16(20)14-15/h3-9,14,19H,2,10-13H2,1H3. The van der Waals surface area contributed by atoms with E-state index in [4.69, 9.17) is 25.8 Å². The largest absolute Gasteiger partial charge is 0.490 e. The summed E-state index contributed by atoms with van der Waals surface area (Å²) in [5.74, 6) is 1.48. The molecule has 4 nitrogen and oxygen atoms in total. The number of rotatable bonds is 6. The van der Waals surface area contributed by atoms with Crippen LogP contribution in [0.1, 0.15) is 18.7 Å². The van der Waals surface area contributed by atoms with Crippen molar-refractivity contribution in [1.29, 1.82) is 0 Å². The van der Waals surface area contributed by atoms with Gasteiger partial charge in [0.2, 0.25) is 0 Å². The minimum Gasteiger partial charge on any atom is -0.490 e. The molecular weight excluding hydrogens is 326 g/mol. The molecule has 128 valence electrons. The molecule has 0 spiro atoms. The van der Waals surface area contributed by atoms with Gasteiger partial charge in [-0.1, -0.05) is 35.9 Å². The molecule has 0 saturated carbocycles. The second-order valence-electron chi connectivity index (χ2n) is 5.55. The summed E-state index contributed by atoms with van der Waals surface area (Å²) < 4.78 is 17.5. The zero-order valence-corrected chi connectivity index (χ0v) is 14.5. The monoisotopic (exact) mass is 347 g/mol. The minimum absolute atomic E-state index is 0.228. The Balaban J connectivity index is 1.90. The Kier molecular flexibility index (Phi) is 5.96. The van der Waals surface area contributed by atoms with E-state index >= 15 is 0 Å². The Morgan fingerprint density at radius 2 is 1.83 bits per heavy atom. The van der Waals surface area contributed by atoms with Gasteiger partial charge in [0.05, 0.1) is 19.8 Å². The summed E-state index contributed by atoms with van der Waals surface area (Å²) in [6, 6.07) is 15.6.